The molecule has 122 valence electrons. The zero-order valence-corrected chi connectivity index (χ0v) is 12.1. The Balaban J connectivity index is 1.99. The lowest BCUT2D eigenvalue weighted by Crippen LogP contribution is -2.52. The van der Waals surface area contributed by atoms with Crippen LogP contribution in [0.5, 0.6) is 5.75 Å². The Labute approximate surface area is 126 Å². The molecule has 1 aromatic carbocycles. The van der Waals surface area contributed by atoms with Crippen LogP contribution in [0.25, 0.3) is 0 Å². The number of ether oxygens (including phenoxy) is 1. The van der Waals surface area contributed by atoms with Crippen molar-refractivity contribution in [3.8, 4) is 5.75 Å². The monoisotopic (exact) mass is 317 g/mol. The van der Waals surface area contributed by atoms with Crippen molar-refractivity contribution < 1.29 is 22.7 Å². The first-order chi connectivity index (χ1) is 10.3. The number of nitrogens with zero attached hydrogens (tertiary/aromatic N) is 2. The average molecular weight is 317 g/mol. The highest BCUT2D eigenvalue weighted by molar-refractivity contribution is 5.81. The highest BCUT2D eigenvalue weighted by Crippen LogP contribution is 2.27. The Morgan fingerprint density at radius 2 is 1.91 bits per heavy atom. The second-order valence-corrected chi connectivity index (χ2v) is 5.15. The molecule has 0 spiro atoms. The second kappa shape index (κ2) is 6.43. The molecule has 0 saturated carbocycles. The first kappa shape index (κ1) is 16.4. The van der Waals surface area contributed by atoms with Crippen LogP contribution >= 0.6 is 0 Å². The molecule has 1 atom stereocenters. The summed E-state index contributed by atoms with van der Waals surface area (Å²) in [7, 11) is 0. The smallest absolute Gasteiger partial charge is 0.406 e. The van der Waals surface area contributed by atoms with E-state index in [4.69, 9.17) is 5.73 Å². The van der Waals surface area contributed by atoms with E-state index in [0.29, 0.717) is 31.9 Å². The molecule has 22 heavy (non-hydrogen) atoms. The Morgan fingerprint density at radius 3 is 2.45 bits per heavy atom. The number of carbonyl (C=O) groups is 1. The lowest BCUT2D eigenvalue weighted by Gasteiger charge is -2.36. The number of carbonyl (C=O) groups excluding carboxylic acids is 1. The lowest BCUT2D eigenvalue weighted by atomic mass is 10.2. The molecule has 2 rings (SSSR count). The van der Waals surface area contributed by atoms with E-state index in [0.717, 1.165) is 0 Å². The van der Waals surface area contributed by atoms with Gasteiger partial charge in [0.1, 0.15) is 5.75 Å². The summed E-state index contributed by atoms with van der Waals surface area (Å²) in [6, 6.07) is 5.28. The number of hydrogen-bond donors (Lipinski definition) is 1. The molecule has 1 saturated heterocycles. The quantitative estimate of drug-likeness (QED) is 0.919. The standard InChI is InChI=1S/C14H18F3N3O2/c1-10(18)13(21)20-7-5-19(6-8-20)11-3-2-4-12(9-11)22-14(15,16)17/h2-4,9-10H,5-8,18H2,1H3/t10-/m1/s1. The number of alkyl halides is 3. The van der Waals surface area contributed by atoms with Crippen LogP contribution in [0.2, 0.25) is 0 Å². The largest absolute Gasteiger partial charge is 0.573 e. The Morgan fingerprint density at radius 1 is 1.27 bits per heavy atom. The van der Waals surface area contributed by atoms with Crippen LogP contribution in [-0.2, 0) is 4.79 Å². The van der Waals surface area contributed by atoms with Gasteiger partial charge in [-0.3, -0.25) is 4.79 Å². The molecule has 1 aliphatic rings. The van der Waals surface area contributed by atoms with E-state index in [-0.39, 0.29) is 11.7 Å². The topological polar surface area (TPSA) is 58.8 Å². The molecular formula is C14H18F3N3O2. The van der Waals surface area contributed by atoms with Crippen LogP contribution in [0.15, 0.2) is 24.3 Å². The molecular weight excluding hydrogens is 299 g/mol. The summed E-state index contributed by atoms with van der Waals surface area (Å²) in [5.41, 5.74) is 6.20. The van der Waals surface area contributed by atoms with E-state index >= 15 is 0 Å². The minimum atomic E-state index is -4.71. The van der Waals surface area contributed by atoms with Gasteiger partial charge in [-0.05, 0) is 19.1 Å². The van der Waals surface area contributed by atoms with E-state index in [2.05, 4.69) is 4.74 Å². The summed E-state index contributed by atoms with van der Waals surface area (Å²) >= 11 is 0. The number of piperazine rings is 1. The third kappa shape index (κ3) is 4.27. The molecule has 0 bridgehead atoms. The first-order valence-corrected chi connectivity index (χ1v) is 6.91. The van der Waals surface area contributed by atoms with Gasteiger partial charge in [-0.1, -0.05) is 6.07 Å². The molecule has 8 heteroatoms. The van der Waals surface area contributed by atoms with Crippen molar-refractivity contribution in [2.45, 2.75) is 19.3 Å². The van der Waals surface area contributed by atoms with E-state index in [9.17, 15) is 18.0 Å². The van der Waals surface area contributed by atoms with Gasteiger partial charge < -0.3 is 20.3 Å². The molecule has 1 fully saturated rings. The molecule has 1 aliphatic heterocycles. The van der Waals surface area contributed by atoms with Gasteiger partial charge in [0.05, 0.1) is 6.04 Å². The summed E-state index contributed by atoms with van der Waals surface area (Å²) in [5, 5.41) is 0. The second-order valence-electron chi connectivity index (χ2n) is 5.15. The van der Waals surface area contributed by atoms with Crippen LogP contribution in [-0.4, -0.2) is 49.4 Å². The van der Waals surface area contributed by atoms with Crippen molar-refractivity contribution in [1.82, 2.24) is 4.90 Å². The maximum Gasteiger partial charge on any atom is 0.573 e. The van der Waals surface area contributed by atoms with Crippen molar-refractivity contribution in [3.63, 3.8) is 0 Å². The van der Waals surface area contributed by atoms with Crippen molar-refractivity contribution in [2.75, 3.05) is 31.1 Å². The predicted octanol–water partition coefficient (Wildman–Crippen LogP) is 1.58. The van der Waals surface area contributed by atoms with Crippen LogP contribution in [0, 0.1) is 0 Å². The van der Waals surface area contributed by atoms with Crippen LogP contribution in [0.3, 0.4) is 0 Å². The number of halogens is 3. The highest BCUT2D eigenvalue weighted by Gasteiger charge is 2.31. The molecule has 0 unspecified atom stereocenters. The number of nitrogens with two attached hydrogens (primary N) is 1. The van der Waals surface area contributed by atoms with Gasteiger partial charge in [0.15, 0.2) is 0 Å². The van der Waals surface area contributed by atoms with Crippen molar-refractivity contribution in [3.05, 3.63) is 24.3 Å². The number of benzene rings is 1. The molecule has 0 aromatic heterocycles. The van der Waals surface area contributed by atoms with Crippen molar-refractivity contribution in [2.24, 2.45) is 5.73 Å². The zero-order valence-electron chi connectivity index (χ0n) is 12.1. The van der Waals surface area contributed by atoms with Crippen LogP contribution in [0.4, 0.5) is 18.9 Å². The van der Waals surface area contributed by atoms with Crippen molar-refractivity contribution >= 4 is 11.6 Å². The zero-order chi connectivity index (χ0) is 16.3. The predicted molar refractivity (Wildman–Crippen MR) is 75.6 cm³/mol. The maximum atomic E-state index is 12.2. The van der Waals surface area contributed by atoms with Crippen LogP contribution < -0.4 is 15.4 Å². The maximum absolute atomic E-state index is 12.2. The molecule has 0 aliphatic carbocycles. The van der Waals surface area contributed by atoms with Crippen LogP contribution in [0.1, 0.15) is 6.92 Å². The minimum Gasteiger partial charge on any atom is -0.406 e. The van der Waals surface area contributed by atoms with Gasteiger partial charge in [0.25, 0.3) is 0 Å². The van der Waals surface area contributed by atoms with Gasteiger partial charge in [-0.15, -0.1) is 13.2 Å². The first-order valence-electron chi connectivity index (χ1n) is 6.91. The SMILES string of the molecule is C[C@@H](N)C(=O)N1CCN(c2cccc(OC(F)(F)F)c2)CC1. The highest BCUT2D eigenvalue weighted by atomic mass is 19.4. The van der Waals surface area contributed by atoms with E-state index in [1.807, 2.05) is 4.90 Å². The Hall–Kier alpha value is -1.96. The van der Waals surface area contributed by atoms with Gasteiger partial charge in [0, 0.05) is 37.9 Å². The molecule has 2 N–H and O–H groups in total. The van der Waals surface area contributed by atoms with Gasteiger partial charge in [-0.25, -0.2) is 0 Å². The average Bonchev–Trinajstić information content (AvgIpc) is 2.45. The molecule has 1 heterocycles. The molecule has 1 amide bonds. The van der Waals surface area contributed by atoms with E-state index < -0.39 is 12.4 Å². The Kier molecular flexibility index (Phi) is 4.80. The third-order valence-corrected chi connectivity index (χ3v) is 3.40. The van der Waals surface area contributed by atoms with Crippen molar-refractivity contribution in [1.29, 1.82) is 0 Å². The summed E-state index contributed by atoms with van der Waals surface area (Å²) < 4.78 is 40.6. The molecule has 1 aromatic rings. The fourth-order valence-electron chi connectivity index (χ4n) is 2.35. The lowest BCUT2D eigenvalue weighted by molar-refractivity contribution is -0.274. The summed E-state index contributed by atoms with van der Waals surface area (Å²) in [6.07, 6.45) is -4.71. The number of rotatable bonds is 3. The summed E-state index contributed by atoms with van der Waals surface area (Å²) in [6.45, 7) is 3.68. The normalized spacial score (nSPS) is 17.3. The number of hydrogen-bond acceptors (Lipinski definition) is 4. The van der Waals surface area contributed by atoms with Gasteiger partial charge in [-0.2, -0.15) is 0 Å². The Bertz CT molecular complexity index is 526. The molecule has 0 radical (unpaired) electrons. The summed E-state index contributed by atoms with van der Waals surface area (Å²) in [4.78, 5) is 15.4. The summed E-state index contributed by atoms with van der Waals surface area (Å²) in [5.74, 6) is -0.368. The van der Waals surface area contributed by atoms with E-state index in [1.165, 1.54) is 18.2 Å². The fourth-order valence-corrected chi connectivity index (χ4v) is 2.35. The van der Waals surface area contributed by atoms with Gasteiger partial charge in [0.2, 0.25) is 5.91 Å². The minimum absolute atomic E-state index is 0.117. The van der Waals surface area contributed by atoms with E-state index in [1.54, 1.807) is 17.9 Å². The third-order valence-electron chi connectivity index (χ3n) is 3.40. The molecule has 5 nitrogen and oxygen atoms in total. The van der Waals surface area contributed by atoms with Gasteiger partial charge >= 0.3 is 6.36 Å². The number of anilines is 1. The fraction of sp³-hybridized carbons (Fsp3) is 0.500. The number of amides is 1.